The molecule has 0 spiro atoms. The van der Waals surface area contributed by atoms with Gasteiger partial charge in [0.05, 0.1) is 11.3 Å². The van der Waals surface area contributed by atoms with Crippen molar-refractivity contribution >= 4 is 27.5 Å². The fraction of sp³-hybridized carbons (Fsp3) is 0.0714. The third-order valence-corrected chi connectivity index (χ3v) is 3.30. The molecule has 3 nitrogen and oxygen atoms in total. The Morgan fingerprint density at radius 2 is 1.89 bits per heavy atom. The largest absolute Gasteiger partial charge is 0.507 e. The van der Waals surface area contributed by atoms with Gasteiger partial charge in [0.2, 0.25) is 0 Å². The van der Waals surface area contributed by atoms with Crippen LogP contribution in [0, 0.1) is 6.92 Å². The molecule has 0 aliphatic rings. The summed E-state index contributed by atoms with van der Waals surface area (Å²) in [5, 5.41) is 12.6. The number of anilines is 1. The van der Waals surface area contributed by atoms with E-state index in [1.165, 1.54) is 0 Å². The lowest BCUT2D eigenvalue weighted by atomic mass is 10.1. The van der Waals surface area contributed by atoms with Gasteiger partial charge < -0.3 is 10.4 Å². The van der Waals surface area contributed by atoms with E-state index in [9.17, 15) is 9.90 Å². The number of phenolic OH excluding ortho intramolecular Hbond substituents is 1. The van der Waals surface area contributed by atoms with Crippen LogP contribution in [-0.2, 0) is 0 Å². The van der Waals surface area contributed by atoms with Crippen LogP contribution in [0.25, 0.3) is 0 Å². The summed E-state index contributed by atoms with van der Waals surface area (Å²) in [7, 11) is 0. The maximum atomic E-state index is 12.0. The number of hydrogen-bond donors (Lipinski definition) is 2. The zero-order chi connectivity index (χ0) is 13.1. The first-order valence-electron chi connectivity index (χ1n) is 5.44. The van der Waals surface area contributed by atoms with E-state index in [-0.39, 0.29) is 17.2 Å². The third kappa shape index (κ3) is 2.54. The number of halogens is 1. The van der Waals surface area contributed by atoms with E-state index in [0.29, 0.717) is 11.3 Å². The quantitative estimate of drug-likeness (QED) is 0.888. The molecule has 2 aromatic carbocycles. The molecule has 0 saturated heterocycles. The second kappa shape index (κ2) is 5.23. The van der Waals surface area contributed by atoms with Crippen molar-refractivity contribution in [1.82, 2.24) is 0 Å². The molecule has 1 amide bonds. The third-order valence-electron chi connectivity index (χ3n) is 2.60. The van der Waals surface area contributed by atoms with Crippen LogP contribution in [-0.4, -0.2) is 11.0 Å². The van der Waals surface area contributed by atoms with Crippen molar-refractivity contribution in [3.8, 4) is 5.75 Å². The fourth-order valence-corrected chi connectivity index (χ4v) is 1.98. The molecule has 2 N–H and O–H groups in total. The Balaban J connectivity index is 2.28. The standard InChI is InChI=1S/C14H12BrNO2/c1-9-5-4-6-10(13(9)17)14(18)16-12-8-3-2-7-11(12)15/h2-8,17H,1H3,(H,16,18). The smallest absolute Gasteiger partial charge is 0.259 e. The van der Waals surface area contributed by atoms with Gasteiger partial charge >= 0.3 is 0 Å². The van der Waals surface area contributed by atoms with Crippen LogP contribution in [0.4, 0.5) is 5.69 Å². The number of carbonyl (C=O) groups excluding carboxylic acids is 1. The van der Waals surface area contributed by atoms with E-state index in [1.54, 1.807) is 31.2 Å². The SMILES string of the molecule is Cc1cccc(C(=O)Nc2ccccc2Br)c1O. The van der Waals surface area contributed by atoms with Gasteiger partial charge in [0, 0.05) is 4.47 Å². The summed E-state index contributed by atoms with van der Waals surface area (Å²) in [5.74, 6) is -0.315. The highest BCUT2D eigenvalue weighted by atomic mass is 79.9. The van der Waals surface area contributed by atoms with Crippen LogP contribution < -0.4 is 5.32 Å². The molecular formula is C14H12BrNO2. The molecule has 4 heteroatoms. The van der Waals surface area contributed by atoms with E-state index in [2.05, 4.69) is 21.2 Å². The van der Waals surface area contributed by atoms with Crippen LogP contribution in [0.1, 0.15) is 15.9 Å². The summed E-state index contributed by atoms with van der Waals surface area (Å²) in [6.45, 7) is 1.75. The van der Waals surface area contributed by atoms with Crippen LogP contribution in [0.2, 0.25) is 0 Å². The van der Waals surface area contributed by atoms with E-state index < -0.39 is 0 Å². The zero-order valence-electron chi connectivity index (χ0n) is 9.77. The molecule has 0 saturated carbocycles. The normalized spacial score (nSPS) is 10.1. The number of rotatable bonds is 2. The van der Waals surface area contributed by atoms with Crippen LogP contribution >= 0.6 is 15.9 Å². The Kier molecular flexibility index (Phi) is 3.67. The molecule has 0 unspecified atom stereocenters. The Bertz CT molecular complexity index is 596. The first-order valence-corrected chi connectivity index (χ1v) is 6.23. The number of carbonyl (C=O) groups is 1. The highest BCUT2D eigenvalue weighted by molar-refractivity contribution is 9.10. The van der Waals surface area contributed by atoms with Gasteiger partial charge in [0.1, 0.15) is 5.75 Å². The van der Waals surface area contributed by atoms with Crippen molar-refractivity contribution in [2.75, 3.05) is 5.32 Å². The van der Waals surface area contributed by atoms with Gasteiger partial charge in [-0.2, -0.15) is 0 Å². The number of nitrogens with one attached hydrogen (secondary N) is 1. The highest BCUT2D eigenvalue weighted by Gasteiger charge is 2.13. The molecule has 0 radical (unpaired) electrons. The predicted octanol–water partition coefficient (Wildman–Crippen LogP) is 3.72. The highest BCUT2D eigenvalue weighted by Crippen LogP contribution is 2.25. The van der Waals surface area contributed by atoms with E-state index in [0.717, 1.165) is 4.47 Å². The second-order valence-corrected chi connectivity index (χ2v) is 4.76. The molecular weight excluding hydrogens is 294 g/mol. The summed E-state index contributed by atoms with van der Waals surface area (Å²) < 4.78 is 0.797. The van der Waals surface area contributed by atoms with E-state index >= 15 is 0 Å². The van der Waals surface area contributed by atoms with Gasteiger partial charge in [-0.1, -0.05) is 24.3 Å². The topological polar surface area (TPSA) is 49.3 Å². The van der Waals surface area contributed by atoms with E-state index in [1.807, 2.05) is 18.2 Å². The molecule has 0 heterocycles. The van der Waals surface area contributed by atoms with Crippen molar-refractivity contribution in [2.24, 2.45) is 0 Å². The first kappa shape index (κ1) is 12.6. The zero-order valence-corrected chi connectivity index (χ0v) is 11.4. The van der Waals surface area contributed by atoms with Gasteiger partial charge in [-0.25, -0.2) is 0 Å². The number of hydrogen-bond acceptors (Lipinski definition) is 2. The van der Waals surface area contributed by atoms with Crippen molar-refractivity contribution in [1.29, 1.82) is 0 Å². The summed E-state index contributed by atoms with van der Waals surface area (Å²) in [4.78, 5) is 12.0. The van der Waals surface area contributed by atoms with Gasteiger partial charge in [-0.15, -0.1) is 0 Å². The number of amides is 1. The fourth-order valence-electron chi connectivity index (χ4n) is 1.59. The molecule has 92 valence electrons. The number of aryl methyl sites for hydroxylation is 1. The van der Waals surface area contributed by atoms with Gasteiger partial charge in [0.15, 0.2) is 0 Å². The molecule has 0 aromatic heterocycles. The van der Waals surface area contributed by atoms with Crippen LogP contribution in [0.15, 0.2) is 46.9 Å². The maximum Gasteiger partial charge on any atom is 0.259 e. The number of phenols is 1. The molecule has 18 heavy (non-hydrogen) atoms. The Hall–Kier alpha value is -1.81. The summed E-state index contributed by atoms with van der Waals surface area (Å²) in [6.07, 6.45) is 0. The number of para-hydroxylation sites is 2. The van der Waals surface area contributed by atoms with Crippen molar-refractivity contribution < 1.29 is 9.90 Å². The first-order chi connectivity index (χ1) is 8.59. The van der Waals surface area contributed by atoms with Crippen molar-refractivity contribution in [3.05, 3.63) is 58.1 Å². The summed E-state index contributed by atoms with van der Waals surface area (Å²) >= 11 is 3.35. The minimum Gasteiger partial charge on any atom is -0.507 e. The summed E-state index contributed by atoms with van der Waals surface area (Å²) in [6, 6.07) is 12.4. The number of benzene rings is 2. The minimum absolute atomic E-state index is 0.0158. The van der Waals surface area contributed by atoms with Crippen molar-refractivity contribution in [2.45, 2.75) is 6.92 Å². The molecule has 0 atom stereocenters. The van der Waals surface area contributed by atoms with E-state index in [4.69, 9.17) is 0 Å². The lowest BCUT2D eigenvalue weighted by molar-refractivity contribution is 0.102. The minimum atomic E-state index is -0.330. The molecule has 0 fully saturated rings. The molecule has 0 bridgehead atoms. The average Bonchev–Trinajstić information content (AvgIpc) is 2.35. The predicted molar refractivity (Wildman–Crippen MR) is 74.9 cm³/mol. The Morgan fingerprint density at radius 3 is 2.61 bits per heavy atom. The monoisotopic (exact) mass is 305 g/mol. The van der Waals surface area contributed by atoms with Gasteiger partial charge in [-0.3, -0.25) is 4.79 Å². The van der Waals surface area contributed by atoms with Gasteiger partial charge in [0.25, 0.3) is 5.91 Å². The Labute approximate surface area is 114 Å². The lowest BCUT2D eigenvalue weighted by Gasteiger charge is -2.09. The van der Waals surface area contributed by atoms with Crippen LogP contribution in [0.5, 0.6) is 5.75 Å². The summed E-state index contributed by atoms with van der Waals surface area (Å²) in [5.41, 5.74) is 1.61. The second-order valence-electron chi connectivity index (χ2n) is 3.91. The molecule has 0 aliphatic carbocycles. The van der Waals surface area contributed by atoms with Crippen molar-refractivity contribution in [3.63, 3.8) is 0 Å². The lowest BCUT2D eigenvalue weighted by Crippen LogP contribution is -2.12. The molecule has 2 rings (SSSR count). The molecule has 0 aliphatic heterocycles. The Morgan fingerprint density at radius 1 is 1.17 bits per heavy atom. The maximum absolute atomic E-state index is 12.0. The average molecular weight is 306 g/mol. The van der Waals surface area contributed by atoms with Gasteiger partial charge in [-0.05, 0) is 46.6 Å². The number of aromatic hydroxyl groups is 1. The molecule has 2 aromatic rings. The van der Waals surface area contributed by atoms with Crippen LogP contribution in [0.3, 0.4) is 0 Å².